The number of nitrogens with two attached hydrogens (primary N) is 1. The van der Waals surface area contributed by atoms with Crippen molar-refractivity contribution < 1.29 is 18.7 Å². The van der Waals surface area contributed by atoms with E-state index in [1.165, 1.54) is 0 Å². The summed E-state index contributed by atoms with van der Waals surface area (Å²) in [6, 6.07) is 2.95. The predicted molar refractivity (Wildman–Crippen MR) is 57.5 cm³/mol. The fraction of sp³-hybridized carbons (Fsp3) is 0.300. The quantitative estimate of drug-likeness (QED) is 0.854. The van der Waals surface area contributed by atoms with Crippen molar-refractivity contribution >= 4 is 18.4 Å². The van der Waals surface area contributed by atoms with Crippen LogP contribution in [-0.2, 0) is 11.2 Å². The summed E-state index contributed by atoms with van der Waals surface area (Å²) >= 11 is 0. The zero-order chi connectivity index (χ0) is 11.4. The Kier molecular flexibility index (Phi) is 5.92. The van der Waals surface area contributed by atoms with Crippen LogP contribution in [0.1, 0.15) is 5.56 Å². The lowest BCUT2D eigenvalue weighted by Gasteiger charge is -2.09. The maximum atomic E-state index is 12.8. The van der Waals surface area contributed by atoms with Gasteiger partial charge in [-0.15, -0.1) is 12.4 Å². The third-order valence-electron chi connectivity index (χ3n) is 2.04. The predicted octanol–water partition coefficient (Wildman–Crippen LogP) is 1.59. The van der Waals surface area contributed by atoms with Crippen LogP contribution in [0.15, 0.2) is 18.2 Å². The minimum Gasteiger partial charge on any atom is -0.481 e. The van der Waals surface area contributed by atoms with Gasteiger partial charge in [0.1, 0.15) is 11.6 Å². The van der Waals surface area contributed by atoms with Crippen LogP contribution in [0.5, 0.6) is 0 Å². The van der Waals surface area contributed by atoms with E-state index >= 15 is 0 Å². The van der Waals surface area contributed by atoms with E-state index in [2.05, 4.69) is 0 Å². The number of hydrogen-bond donors (Lipinski definition) is 2. The number of benzene rings is 1. The highest BCUT2D eigenvalue weighted by molar-refractivity contribution is 5.85. The Morgan fingerprint density at radius 2 is 1.81 bits per heavy atom. The molecule has 0 aliphatic heterocycles. The van der Waals surface area contributed by atoms with Crippen molar-refractivity contribution in [3.05, 3.63) is 35.4 Å². The van der Waals surface area contributed by atoms with Crippen molar-refractivity contribution in [2.24, 2.45) is 11.7 Å². The molecule has 0 unspecified atom stereocenters. The summed E-state index contributed by atoms with van der Waals surface area (Å²) in [5, 5.41) is 8.71. The van der Waals surface area contributed by atoms with Gasteiger partial charge in [0, 0.05) is 12.6 Å². The number of halogens is 3. The molecule has 0 bridgehead atoms. The van der Waals surface area contributed by atoms with E-state index in [4.69, 9.17) is 10.8 Å². The van der Waals surface area contributed by atoms with Crippen LogP contribution in [0.25, 0.3) is 0 Å². The van der Waals surface area contributed by atoms with Crippen LogP contribution in [0.4, 0.5) is 8.78 Å². The van der Waals surface area contributed by atoms with Gasteiger partial charge < -0.3 is 10.8 Å². The van der Waals surface area contributed by atoms with Gasteiger partial charge in [-0.3, -0.25) is 4.79 Å². The largest absolute Gasteiger partial charge is 0.481 e. The van der Waals surface area contributed by atoms with Crippen LogP contribution in [-0.4, -0.2) is 17.6 Å². The summed E-state index contributed by atoms with van der Waals surface area (Å²) in [6.45, 7) is -0.0620. The number of aliphatic carboxylic acids is 1. The van der Waals surface area contributed by atoms with E-state index in [1.54, 1.807) is 0 Å². The van der Waals surface area contributed by atoms with Gasteiger partial charge >= 0.3 is 5.97 Å². The molecular weight excluding hydrogens is 240 g/mol. The van der Waals surface area contributed by atoms with Crippen LogP contribution in [0, 0.1) is 17.6 Å². The SMILES string of the molecule is Cl.NC[C@@H](Cc1cc(F)cc(F)c1)C(=O)O. The number of carboxylic acid groups (broad SMARTS) is 1. The van der Waals surface area contributed by atoms with E-state index in [0.717, 1.165) is 18.2 Å². The van der Waals surface area contributed by atoms with Crippen molar-refractivity contribution in [2.45, 2.75) is 6.42 Å². The molecule has 0 heterocycles. The third-order valence-corrected chi connectivity index (χ3v) is 2.04. The van der Waals surface area contributed by atoms with E-state index in [1.807, 2.05) is 0 Å². The van der Waals surface area contributed by atoms with Crippen molar-refractivity contribution in [1.29, 1.82) is 0 Å². The van der Waals surface area contributed by atoms with Gasteiger partial charge in [-0.05, 0) is 24.1 Å². The molecule has 0 aromatic heterocycles. The normalized spacial score (nSPS) is 11.7. The van der Waals surface area contributed by atoms with Crippen molar-refractivity contribution in [1.82, 2.24) is 0 Å². The summed E-state index contributed by atoms with van der Waals surface area (Å²) < 4.78 is 25.5. The molecule has 0 aliphatic carbocycles. The average molecular weight is 252 g/mol. The van der Waals surface area contributed by atoms with Crippen LogP contribution in [0.2, 0.25) is 0 Å². The van der Waals surface area contributed by atoms with Crippen LogP contribution >= 0.6 is 12.4 Å². The van der Waals surface area contributed by atoms with Crippen LogP contribution < -0.4 is 5.73 Å². The van der Waals surface area contributed by atoms with E-state index in [0.29, 0.717) is 5.56 Å². The van der Waals surface area contributed by atoms with Crippen molar-refractivity contribution in [2.75, 3.05) is 6.54 Å². The molecule has 1 atom stereocenters. The lowest BCUT2D eigenvalue weighted by atomic mass is 9.99. The Morgan fingerprint density at radius 3 is 2.19 bits per heavy atom. The van der Waals surface area contributed by atoms with Gasteiger partial charge in [-0.1, -0.05) is 0 Å². The van der Waals surface area contributed by atoms with Gasteiger partial charge in [0.25, 0.3) is 0 Å². The Bertz CT molecular complexity index is 354. The average Bonchev–Trinajstić information content (AvgIpc) is 2.12. The first kappa shape index (κ1) is 14.8. The number of carboxylic acids is 1. The second kappa shape index (κ2) is 6.40. The molecule has 3 N–H and O–H groups in total. The van der Waals surface area contributed by atoms with E-state index in [-0.39, 0.29) is 25.4 Å². The van der Waals surface area contributed by atoms with Crippen molar-refractivity contribution in [3.8, 4) is 0 Å². The highest BCUT2D eigenvalue weighted by Crippen LogP contribution is 2.12. The zero-order valence-corrected chi connectivity index (χ0v) is 9.14. The second-order valence-corrected chi connectivity index (χ2v) is 3.25. The first-order chi connectivity index (χ1) is 7.02. The van der Waals surface area contributed by atoms with Crippen molar-refractivity contribution in [3.63, 3.8) is 0 Å². The first-order valence-electron chi connectivity index (χ1n) is 4.40. The fourth-order valence-electron chi connectivity index (χ4n) is 1.28. The molecule has 1 aromatic rings. The molecule has 0 saturated heterocycles. The fourth-order valence-corrected chi connectivity index (χ4v) is 1.28. The molecular formula is C10H12ClF2NO2. The summed E-state index contributed by atoms with van der Waals surface area (Å²) in [5.74, 6) is -3.31. The van der Waals surface area contributed by atoms with Gasteiger partial charge in [0.05, 0.1) is 5.92 Å². The van der Waals surface area contributed by atoms with Crippen LogP contribution in [0.3, 0.4) is 0 Å². The van der Waals surface area contributed by atoms with Gasteiger partial charge in [-0.2, -0.15) is 0 Å². The minimum atomic E-state index is -1.07. The van der Waals surface area contributed by atoms with Gasteiger partial charge in [-0.25, -0.2) is 8.78 Å². The molecule has 1 aromatic carbocycles. The molecule has 0 radical (unpaired) electrons. The summed E-state index contributed by atoms with van der Waals surface area (Å²) in [4.78, 5) is 10.6. The lowest BCUT2D eigenvalue weighted by molar-refractivity contribution is -0.141. The minimum absolute atomic E-state index is 0. The molecule has 6 heteroatoms. The third kappa shape index (κ3) is 4.12. The molecule has 0 amide bonds. The standard InChI is InChI=1S/C10H11F2NO2.ClH/c11-8-2-6(3-9(12)4-8)1-7(5-13)10(14)15;/h2-4,7H,1,5,13H2,(H,14,15);1H/t7-;/m1./s1. The molecule has 0 spiro atoms. The molecule has 3 nitrogen and oxygen atoms in total. The lowest BCUT2D eigenvalue weighted by Crippen LogP contribution is -2.25. The Morgan fingerprint density at radius 1 is 1.31 bits per heavy atom. The smallest absolute Gasteiger partial charge is 0.308 e. The molecule has 0 saturated carbocycles. The van der Waals surface area contributed by atoms with Gasteiger partial charge in [0.2, 0.25) is 0 Å². The topological polar surface area (TPSA) is 63.3 Å². The zero-order valence-electron chi connectivity index (χ0n) is 8.32. The highest BCUT2D eigenvalue weighted by atomic mass is 35.5. The summed E-state index contributed by atoms with van der Waals surface area (Å²) in [7, 11) is 0. The number of hydrogen-bond acceptors (Lipinski definition) is 2. The van der Waals surface area contributed by atoms with Gasteiger partial charge in [0.15, 0.2) is 0 Å². The molecule has 0 fully saturated rings. The monoisotopic (exact) mass is 251 g/mol. The second-order valence-electron chi connectivity index (χ2n) is 3.25. The van der Waals surface area contributed by atoms with E-state index in [9.17, 15) is 13.6 Å². The summed E-state index contributed by atoms with van der Waals surface area (Å²) in [6.07, 6.45) is 0.0283. The Hall–Kier alpha value is -1.20. The Balaban J connectivity index is 0.00000225. The number of carbonyl (C=O) groups is 1. The Labute approximate surface area is 97.7 Å². The molecule has 1 rings (SSSR count). The number of rotatable bonds is 4. The summed E-state index contributed by atoms with van der Waals surface area (Å²) in [5.41, 5.74) is 5.53. The maximum absolute atomic E-state index is 12.8. The first-order valence-corrected chi connectivity index (χ1v) is 4.40. The molecule has 16 heavy (non-hydrogen) atoms. The molecule has 90 valence electrons. The van der Waals surface area contributed by atoms with E-state index < -0.39 is 23.5 Å². The molecule has 0 aliphatic rings. The highest BCUT2D eigenvalue weighted by Gasteiger charge is 2.16. The maximum Gasteiger partial charge on any atom is 0.308 e.